The molecule has 0 atom stereocenters. The Kier molecular flexibility index (Phi) is 5.04. The molecule has 0 bridgehead atoms. The standard InChI is InChI=1S/C15H13Cl2FN2O/c1-9(21)20-15-7-10(5-6-14(15)18)19-8-11-12(16)3-2-4-13(11)17/h2-7,19H,8H2,1H3,(H,20,21). The van der Waals surface area contributed by atoms with Crippen molar-refractivity contribution in [2.75, 3.05) is 10.6 Å². The zero-order chi connectivity index (χ0) is 15.4. The molecule has 6 heteroatoms. The van der Waals surface area contributed by atoms with Crippen LogP contribution in [0.5, 0.6) is 0 Å². The van der Waals surface area contributed by atoms with Crippen LogP contribution in [0, 0.1) is 5.82 Å². The topological polar surface area (TPSA) is 41.1 Å². The van der Waals surface area contributed by atoms with Crippen LogP contribution in [0.15, 0.2) is 36.4 Å². The number of halogens is 3. The van der Waals surface area contributed by atoms with Gasteiger partial charge in [-0.15, -0.1) is 0 Å². The van der Waals surface area contributed by atoms with E-state index < -0.39 is 5.82 Å². The Bertz CT molecular complexity index is 656. The van der Waals surface area contributed by atoms with Crippen LogP contribution in [0.25, 0.3) is 0 Å². The second-order valence-corrected chi connectivity index (χ2v) is 5.24. The normalized spacial score (nSPS) is 10.3. The number of nitrogens with one attached hydrogen (secondary N) is 2. The largest absolute Gasteiger partial charge is 0.381 e. The number of benzene rings is 2. The average Bonchev–Trinajstić information content (AvgIpc) is 2.41. The van der Waals surface area contributed by atoms with Gasteiger partial charge in [0, 0.05) is 34.8 Å². The molecule has 2 N–H and O–H groups in total. The number of carbonyl (C=O) groups excluding carboxylic acids is 1. The number of amides is 1. The first-order valence-corrected chi connectivity index (χ1v) is 6.97. The Hall–Kier alpha value is -1.78. The molecular formula is C15H13Cl2FN2O. The van der Waals surface area contributed by atoms with E-state index >= 15 is 0 Å². The minimum absolute atomic E-state index is 0.123. The second kappa shape index (κ2) is 6.78. The predicted octanol–water partition coefficient (Wildman–Crippen LogP) is 4.70. The zero-order valence-corrected chi connectivity index (χ0v) is 12.7. The van der Waals surface area contributed by atoms with Crippen molar-refractivity contribution in [1.82, 2.24) is 0 Å². The summed E-state index contributed by atoms with van der Waals surface area (Å²) in [6.07, 6.45) is 0. The van der Waals surface area contributed by atoms with Crippen LogP contribution >= 0.6 is 23.2 Å². The molecule has 0 saturated heterocycles. The Morgan fingerprint density at radius 1 is 1.19 bits per heavy atom. The molecule has 0 aromatic heterocycles. The van der Waals surface area contributed by atoms with Gasteiger partial charge in [-0.3, -0.25) is 4.79 Å². The van der Waals surface area contributed by atoms with Crippen molar-refractivity contribution in [2.24, 2.45) is 0 Å². The number of carbonyl (C=O) groups is 1. The van der Waals surface area contributed by atoms with Crippen LogP contribution in [-0.2, 0) is 11.3 Å². The minimum atomic E-state index is -0.494. The van der Waals surface area contributed by atoms with Crippen LogP contribution in [0.2, 0.25) is 10.0 Å². The lowest BCUT2D eigenvalue weighted by Gasteiger charge is -2.11. The minimum Gasteiger partial charge on any atom is -0.381 e. The third-order valence-electron chi connectivity index (χ3n) is 2.81. The van der Waals surface area contributed by atoms with Gasteiger partial charge in [0.1, 0.15) is 5.82 Å². The van der Waals surface area contributed by atoms with Crippen molar-refractivity contribution in [3.63, 3.8) is 0 Å². The molecule has 0 aliphatic heterocycles. The molecule has 0 spiro atoms. The van der Waals surface area contributed by atoms with Crippen molar-refractivity contribution in [3.8, 4) is 0 Å². The van der Waals surface area contributed by atoms with E-state index in [1.807, 2.05) is 0 Å². The van der Waals surface area contributed by atoms with Crippen molar-refractivity contribution < 1.29 is 9.18 Å². The van der Waals surface area contributed by atoms with Gasteiger partial charge in [0.25, 0.3) is 0 Å². The third-order valence-corrected chi connectivity index (χ3v) is 3.52. The first-order valence-electron chi connectivity index (χ1n) is 6.21. The fourth-order valence-electron chi connectivity index (χ4n) is 1.81. The molecule has 0 aliphatic rings. The highest BCUT2D eigenvalue weighted by molar-refractivity contribution is 6.36. The van der Waals surface area contributed by atoms with E-state index in [1.54, 1.807) is 24.3 Å². The predicted molar refractivity (Wildman–Crippen MR) is 84.5 cm³/mol. The van der Waals surface area contributed by atoms with Gasteiger partial charge < -0.3 is 10.6 Å². The number of anilines is 2. The summed E-state index contributed by atoms with van der Waals surface area (Å²) in [5, 5.41) is 6.63. The lowest BCUT2D eigenvalue weighted by Crippen LogP contribution is -2.08. The summed E-state index contributed by atoms with van der Waals surface area (Å²) in [7, 11) is 0. The molecule has 0 heterocycles. The van der Waals surface area contributed by atoms with E-state index in [0.29, 0.717) is 22.3 Å². The Labute approximate surface area is 132 Å². The van der Waals surface area contributed by atoms with Gasteiger partial charge in [-0.2, -0.15) is 0 Å². The summed E-state index contributed by atoms with van der Waals surface area (Å²) >= 11 is 12.2. The number of hydrogen-bond acceptors (Lipinski definition) is 2. The number of hydrogen-bond donors (Lipinski definition) is 2. The van der Waals surface area contributed by atoms with Crippen LogP contribution in [-0.4, -0.2) is 5.91 Å². The van der Waals surface area contributed by atoms with E-state index in [-0.39, 0.29) is 11.6 Å². The summed E-state index contributed by atoms with van der Waals surface area (Å²) in [5.41, 5.74) is 1.53. The molecule has 1 amide bonds. The maximum atomic E-state index is 13.5. The summed E-state index contributed by atoms with van der Waals surface area (Å²) in [6.45, 7) is 1.71. The molecule has 0 aliphatic carbocycles. The smallest absolute Gasteiger partial charge is 0.221 e. The van der Waals surface area contributed by atoms with E-state index in [4.69, 9.17) is 23.2 Å². The Morgan fingerprint density at radius 2 is 1.86 bits per heavy atom. The molecule has 3 nitrogen and oxygen atoms in total. The van der Waals surface area contributed by atoms with Crippen LogP contribution < -0.4 is 10.6 Å². The highest BCUT2D eigenvalue weighted by Crippen LogP contribution is 2.26. The van der Waals surface area contributed by atoms with E-state index in [2.05, 4.69) is 10.6 Å². The molecule has 2 aromatic rings. The first kappa shape index (κ1) is 15.6. The summed E-state index contributed by atoms with van der Waals surface area (Å²) in [5.74, 6) is -0.827. The van der Waals surface area contributed by atoms with Crippen LogP contribution in [0.3, 0.4) is 0 Å². The molecule has 2 rings (SSSR count). The summed E-state index contributed by atoms with van der Waals surface area (Å²) < 4.78 is 13.5. The van der Waals surface area contributed by atoms with Gasteiger partial charge in [-0.25, -0.2) is 4.39 Å². The van der Waals surface area contributed by atoms with E-state index in [9.17, 15) is 9.18 Å². The molecule has 0 fully saturated rings. The maximum Gasteiger partial charge on any atom is 0.221 e. The van der Waals surface area contributed by atoms with Crippen molar-refractivity contribution in [2.45, 2.75) is 13.5 Å². The van der Waals surface area contributed by atoms with Crippen molar-refractivity contribution >= 4 is 40.5 Å². The highest BCUT2D eigenvalue weighted by atomic mass is 35.5. The number of rotatable bonds is 4. The Morgan fingerprint density at radius 3 is 2.48 bits per heavy atom. The molecule has 0 unspecified atom stereocenters. The zero-order valence-electron chi connectivity index (χ0n) is 11.2. The van der Waals surface area contributed by atoms with Gasteiger partial charge in [-0.1, -0.05) is 29.3 Å². The summed E-state index contributed by atoms with van der Waals surface area (Å²) in [4.78, 5) is 11.0. The molecule has 110 valence electrons. The fraction of sp³-hybridized carbons (Fsp3) is 0.133. The van der Waals surface area contributed by atoms with Crippen LogP contribution in [0.1, 0.15) is 12.5 Å². The van der Waals surface area contributed by atoms with Crippen molar-refractivity contribution in [3.05, 3.63) is 57.8 Å². The quantitative estimate of drug-likeness (QED) is 0.854. The van der Waals surface area contributed by atoms with Gasteiger partial charge in [0.05, 0.1) is 5.69 Å². The van der Waals surface area contributed by atoms with Gasteiger partial charge in [-0.05, 0) is 30.3 Å². The highest BCUT2D eigenvalue weighted by Gasteiger charge is 2.07. The van der Waals surface area contributed by atoms with Crippen molar-refractivity contribution in [1.29, 1.82) is 0 Å². The lowest BCUT2D eigenvalue weighted by molar-refractivity contribution is -0.114. The SMILES string of the molecule is CC(=O)Nc1cc(NCc2c(Cl)cccc2Cl)ccc1F. The second-order valence-electron chi connectivity index (χ2n) is 4.43. The van der Waals surface area contributed by atoms with E-state index in [1.165, 1.54) is 19.1 Å². The average molecular weight is 327 g/mol. The van der Waals surface area contributed by atoms with Gasteiger partial charge >= 0.3 is 0 Å². The third kappa shape index (κ3) is 4.09. The molecule has 2 aromatic carbocycles. The molecule has 0 radical (unpaired) electrons. The molecular weight excluding hydrogens is 314 g/mol. The van der Waals surface area contributed by atoms with Gasteiger partial charge in [0.2, 0.25) is 5.91 Å². The first-order chi connectivity index (χ1) is 9.97. The van der Waals surface area contributed by atoms with Crippen LogP contribution in [0.4, 0.5) is 15.8 Å². The monoisotopic (exact) mass is 326 g/mol. The lowest BCUT2D eigenvalue weighted by atomic mass is 10.2. The maximum absolute atomic E-state index is 13.5. The summed E-state index contributed by atoms with van der Waals surface area (Å²) in [6, 6.07) is 9.63. The molecule has 0 saturated carbocycles. The van der Waals surface area contributed by atoms with Gasteiger partial charge in [0.15, 0.2) is 0 Å². The Balaban J connectivity index is 2.15. The van der Waals surface area contributed by atoms with E-state index in [0.717, 1.165) is 5.56 Å². The molecule has 21 heavy (non-hydrogen) atoms. The fourth-order valence-corrected chi connectivity index (χ4v) is 2.34.